The van der Waals surface area contributed by atoms with E-state index >= 15 is 0 Å². The second-order valence-corrected chi connectivity index (χ2v) is 4.92. The number of phenolic OH excluding ortho intramolecular Hbond substituents is 1. The van der Waals surface area contributed by atoms with Crippen LogP contribution >= 0.6 is 11.6 Å². The first-order valence-electron chi connectivity index (χ1n) is 6.53. The predicted molar refractivity (Wildman–Crippen MR) is 82.8 cm³/mol. The van der Waals surface area contributed by atoms with E-state index in [1.807, 2.05) is 30.3 Å². The fraction of sp³-hybridized carbons (Fsp3) is 0.250. The molecule has 0 aromatic heterocycles. The molecule has 0 aliphatic heterocycles. The zero-order valence-electron chi connectivity index (χ0n) is 11.6. The molecular formula is C16H18ClNO2. The molecule has 0 heterocycles. The quantitative estimate of drug-likeness (QED) is 0.845. The summed E-state index contributed by atoms with van der Waals surface area (Å²) >= 11 is 6.20. The maximum atomic E-state index is 9.96. The van der Waals surface area contributed by atoms with E-state index in [4.69, 9.17) is 16.3 Å². The molecule has 2 aromatic carbocycles. The average Bonchev–Trinajstić information content (AvgIpc) is 2.47. The third-order valence-electron chi connectivity index (χ3n) is 3.22. The molecule has 0 saturated carbocycles. The summed E-state index contributed by atoms with van der Waals surface area (Å²) in [5.74, 6) is 1.02. The maximum absolute atomic E-state index is 9.96. The maximum Gasteiger partial charge on any atom is 0.121 e. The smallest absolute Gasteiger partial charge is 0.121 e. The Kier molecular flexibility index (Phi) is 4.74. The van der Waals surface area contributed by atoms with Gasteiger partial charge in [-0.15, -0.1) is 0 Å². The summed E-state index contributed by atoms with van der Waals surface area (Å²) in [4.78, 5) is 0. The van der Waals surface area contributed by atoms with Gasteiger partial charge in [-0.05, 0) is 24.6 Å². The topological polar surface area (TPSA) is 41.5 Å². The number of benzene rings is 2. The SMILES string of the molecule is CCC(Nc1cc(OC)ccc1Cl)c1ccccc1O. The molecule has 0 aliphatic rings. The molecule has 1 unspecified atom stereocenters. The fourth-order valence-corrected chi connectivity index (χ4v) is 2.28. The zero-order chi connectivity index (χ0) is 14.5. The van der Waals surface area contributed by atoms with Crippen LogP contribution < -0.4 is 10.1 Å². The Bertz CT molecular complexity index is 586. The molecular weight excluding hydrogens is 274 g/mol. The van der Waals surface area contributed by atoms with Gasteiger partial charge in [0.1, 0.15) is 11.5 Å². The van der Waals surface area contributed by atoms with Crippen molar-refractivity contribution in [1.29, 1.82) is 0 Å². The normalized spacial score (nSPS) is 11.9. The summed E-state index contributed by atoms with van der Waals surface area (Å²) in [5.41, 5.74) is 1.65. The van der Waals surface area contributed by atoms with Gasteiger partial charge in [-0.2, -0.15) is 0 Å². The summed E-state index contributed by atoms with van der Waals surface area (Å²) in [6, 6.07) is 12.8. The molecule has 2 N–H and O–H groups in total. The summed E-state index contributed by atoms with van der Waals surface area (Å²) in [5, 5.41) is 13.9. The van der Waals surface area contributed by atoms with E-state index in [1.165, 1.54) is 0 Å². The molecule has 0 saturated heterocycles. The highest BCUT2D eigenvalue weighted by molar-refractivity contribution is 6.33. The first-order chi connectivity index (χ1) is 9.65. The van der Waals surface area contributed by atoms with Crippen LogP contribution in [0.3, 0.4) is 0 Å². The van der Waals surface area contributed by atoms with Crippen LogP contribution in [0.4, 0.5) is 5.69 Å². The average molecular weight is 292 g/mol. The Morgan fingerprint density at radius 1 is 1.25 bits per heavy atom. The lowest BCUT2D eigenvalue weighted by Crippen LogP contribution is -2.10. The van der Waals surface area contributed by atoms with Crippen molar-refractivity contribution in [3.63, 3.8) is 0 Å². The van der Waals surface area contributed by atoms with Gasteiger partial charge in [0.25, 0.3) is 0 Å². The number of nitrogens with one attached hydrogen (secondary N) is 1. The van der Waals surface area contributed by atoms with Gasteiger partial charge < -0.3 is 15.2 Å². The number of methoxy groups -OCH3 is 1. The van der Waals surface area contributed by atoms with E-state index in [-0.39, 0.29) is 11.8 Å². The first-order valence-corrected chi connectivity index (χ1v) is 6.91. The number of aromatic hydroxyl groups is 1. The molecule has 0 radical (unpaired) electrons. The molecule has 1 atom stereocenters. The van der Waals surface area contributed by atoms with Gasteiger partial charge in [0.15, 0.2) is 0 Å². The molecule has 0 spiro atoms. The van der Waals surface area contributed by atoms with Gasteiger partial charge in [0.2, 0.25) is 0 Å². The number of hydrogen-bond acceptors (Lipinski definition) is 3. The van der Waals surface area contributed by atoms with Crippen molar-refractivity contribution in [2.75, 3.05) is 12.4 Å². The molecule has 0 fully saturated rings. The standard InChI is InChI=1S/C16H18ClNO2/c1-3-14(12-6-4-5-7-16(12)19)18-15-10-11(20-2)8-9-13(15)17/h4-10,14,18-19H,3H2,1-2H3. The molecule has 2 aromatic rings. The van der Waals surface area contributed by atoms with Crippen molar-refractivity contribution in [2.45, 2.75) is 19.4 Å². The van der Waals surface area contributed by atoms with Crippen LogP contribution in [0.1, 0.15) is 24.9 Å². The Hall–Kier alpha value is -1.87. The molecule has 106 valence electrons. The van der Waals surface area contributed by atoms with Crippen LogP contribution in [0.5, 0.6) is 11.5 Å². The molecule has 20 heavy (non-hydrogen) atoms. The Labute approximate surface area is 124 Å². The second kappa shape index (κ2) is 6.53. The number of hydrogen-bond donors (Lipinski definition) is 2. The van der Waals surface area contributed by atoms with Crippen molar-refractivity contribution in [1.82, 2.24) is 0 Å². The van der Waals surface area contributed by atoms with Crippen molar-refractivity contribution in [3.05, 3.63) is 53.1 Å². The van der Waals surface area contributed by atoms with Crippen LogP contribution in [0.25, 0.3) is 0 Å². The van der Waals surface area contributed by atoms with Crippen LogP contribution in [-0.2, 0) is 0 Å². The fourth-order valence-electron chi connectivity index (χ4n) is 2.11. The van der Waals surface area contributed by atoms with E-state index in [0.717, 1.165) is 23.4 Å². The molecule has 4 heteroatoms. The first kappa shape index (κ1) is 14.5. The van der Waals surface area contributed by atoms with E-state index in [2.05, 4.69) is 12.2 Å². The Balaban J connectivity index is 2.29. The third kappa shape index (κ3) is 3.17. The third-order valence-corrected chi connectivity index (χ3v) is 3.55. The van der Waals surface area contributed by atoms with E-state index in [1.54, 1.807) is 19.2 Å². The minimum Gasteiger partial charge on any atom is -0.508 e. The molecule has 0 bridgehead atoms. The molecule has 2 rings (SSSR count). The van der Waals surface area contributed by atoms with E-state index in [9.17, 15) is 5.11 Å². The van der Waals surface area contributed by atoms with Crippen LogP contribution in [0.2, 0.25) is 5.02 Å². The number of para-hydroxylation sites is 1. The zero-order valence-corrected chi connectivity index (χ0v) is 12.3. The summed E-state index contributed by atoms with van der Waals surface area (Å²) in [6.07, 6.45) is 0.825. The number of rotatable bonds is 5. The highest BCUT2D eigenvalue weighted by Crippen LogP contribution is 2.33. The summed E-state index contributed by atoms with van der Waals surface area (Å²) in [6.45, 7) is 2.05. The van der Waals surface area contributed by atoms with Crippen molar-refractivity contribution in [3.8, 4) is 11.5 Å². The lowest BCUT2D eigenvalue weighted by Gasteiger charge is -2.21. The lowest BCUT2D eigenvalue weighted by atomic mass is 10.0. The number of halogens is 1. The Morgan fingerprint density at radius 3 is 2.65 bits per heavy atom. The van der Waals surface area contributed by atoms with Gasteiger partial charge >= 0.3 is 0 Å². The molecule has 3 nitrogen and oxygen atoms in total. The minimum atomic E-state index is -0.0131. The van der Waals surface area contributed by atoms with Gasteiger partial charge in [-0.3, -0.25) is 0 Å². The highest BCUT2D eigenvalue weighted by Gasteiger charge is 2.14. The lowest BCUT2D eigenvalue weighted by molar-refractivity contribution is 0.415. The van der Waals surface area contributed by atoms with E-state index < -0.39 is 0 Å². The monoisotopic (exact) mass is 291 g/mol. The van der Waals surface area contributed by atoms with Gasteiger partial charge in [-0.25, -0.2) is 0 Å². The Morgan fingerprint density at radius 2 is 2.00 bits per heavy atom. The predicted octanol–water partition coefficient (Wildman–Crippen LogP) is 4.62. The van der Waals surface area contributed by atoms with Crippen molar-refractivity contribution < 1.29 is 9.84 Å². The molecule has 0 amide bonds. The van der Waals surface area contributed by atoms with Crippen molar-refractivity contribution in [2.24, 2.45) is 0 Å². The summed E-state index contributed by atoms with van der Waals surface area (Å²) < 4.78 is 5.21. The molecule has 0 aliphatic carbocycles. The minimum absolute atomic E-state index is 0.0131. The van der Waals surface area contributed by atoms with Crippen LogP contribution in [0, 0.1) is 0 Å². The number of phenols is 1. The van der Waals surface area contributed by atoms with Gasteiger partial charge in [-0.1, -0.05) is 36.7 Å². The second-order valence-electron chi connectivity index (χ2n) is 4.51. The van der Waals surface area contributed by atoms with E-state index in [0.29, 0.717) is 5.02 Å². The largest absolute Gasteiger partial charge is 0.508 e. The van der Waals surface area contributed by atoms with Crippen LogP contribution in [-0.4, -0.2) is 12.2 Å². The van der Waals surface area contributed by atoms with Crippen molar-refractivity contribution >= 4 is 17.3 Å². The van der Waals surface area contributed by atoms with Gasteiger partial charge in [0.05, 0.1) is 23.9 Å². The highest BCUT2D eigenvalue weighted by atomic mass is 35.5. The number of anilines is 1. The van der Waals surface area contributed by atoms with Crippen LogP contribution in [0.15, 0.2) is 42.5 Å². The summed E-state index contributed by atoms with van der Waals surface area (Å²) in [7, 11) is 1.62. The van der Waals surface area contributed by atoms with Gasteiger partial charge in [0, 0.05) is 11.6 Å². The number of ether oxygens (including phenoxy) is 1.